The fraction of sp³-hybridized carbons (Fsp3) is 0.333. The number of ether oxygens (including phenoxy) is 2. The van der Waals surface area contributed by atoms with Crippen LogP contribution in [-0.4, -0.2) is 20.3 Å². The monoisotopic (exact) mass is 283 g/mol. The largest absolute Gasteiger partial charge is 0.486 e. The minimum absolute atomic E-state index is 0.153. The third-order valence-corrected chi connectivity index (χ3v) is 3.93. The molecule has 1 aliphatic rings. The highest BCUT2D eigenvalue weighted by atomic mass is 16.6. The van der Waals surface area contributed by atoms with E-state index in [0.717, 1.165) is 11.5 Å². The molecule has 21 heavy (non-hydrogen) atoms. The lowest BCUT2D eigenvalue weighted by molar-refractivity contribution is 0.171. The van der Waals surface area contributed by atoms with Crippen molar-refractivity contribution in [3.63, 3.8) is 0 Å². The van der Waals surface area contributed by atoms with E-state index in [0.29, 0.717) is 13.2 Å². The second kappa shape index (κ2) is 5.78. The molecule has 2 aromatic carbocycles. The molecule has 2 aromatic rings. The Balaban J connectivity index is 2.01. The molecule has 3 nitrogen and oxygen atoms in total. The van der Waals surface area contributed by atoms with Crippen molar-refractivity contribution in [2.45, 2.75) is 19.9 Å². The van der Waals surface area contributed by atoms with Gasteiger partial charge in [0.15, 0.2) is 11.5 Å². The predicted octanol–water partition coefficient (Wildman–Crippen LogP) is 3.38. The van der Waals surface area contributed by atoms with Gasteiger partial charge >= 0.3 is 0 Å². The van der Waals surface area contributed by atoms with Crippen LogP contribution in [0.4, 0.5) is 0 Å². The zero-order valence-corrected chi connectivity index (χ0v) is 12.8. The average Bonchev–Trinajstić information content (AvgIpc) is 2.51. The third-order valence-electron chi connectivity index (χ3n) is 3.93. The summed E-state index contributed by atoms with van der Waals surface area (Å²) in [6, 6.07) is 12.9. The molecule has 1 N–H and O–H groups in total. The first kappa shape index (κ1) is 14.0. The molecule has 0 aromatic heterocycles. The van der Waals surface area contributed by atoms with E-state index in [1.165, 1.54) is 22.3 Å². The molecular weight excluding hydrogens is 262 g/mol. The van der Waals surface area contributed by atoms with E-state index >= 15 is 0 Å². The lowest BCUT2D eigenvalue weighted by Gasteiger charge is -2.23. The highest BCUT2D eigenvalue weighted by molar-refractivity contribution is 5.48. The van der Waals surface area contributed by atoms with Crippen LogP contribution >= 0.6 is 0 Å². The van der Waals surface area contributed by atoms with Crippen molar-refractivity contribution in [2.75, 3.05) is 20.3 Å². The maximum atomic E-state index is 5.70. The first-order valence-electron chi connectivity index (χ1n) is 7.33. The third kappa shape index (κ3) is 2.74. The maximum Gasteiger partial charge on any atom is 0.161 e. The summed E-state index contributed by atoms with van der Waals surface area (Å²) >= 11 is 0. The Labute approximate surface area is 125 Å². The van der Waals surface area contributed by atoms with E-state index in [9.17, 15) is 0 Å². The highest BCUT2D eigenvalue weighted by Gasteiger charge is 2.18. The molecule has 0 fully saturated rings. The Morgan fingerprint density at radius 2 is 1.71 bits per heavy atom. The standard InChI is InChI=1S/C18H21NO2/c1-12-4-5-13(2)15(10-12)18(19-3)14-6-7-16-17(11-14)21-9-8-20-16/h4-7,10-11,18-19H,8-9H2,1-3H3. The minimum Gasteiger partial charge on any atom is -0.486 e. The second-order valence-electron chi connectivity index (χ2n) is 5.48. The van der Waals surface area contributed by atoms with Crippen molar-refractivity contribution < 1.29 is 9.47 Å². The van der Waals surface area contributed by atoms with Crippen LogP contribution in [0.25, 0.3) is 0 Å². The normalized spacial score (nSPS) is 14.8. The van der Waals surface area contributed by atoms with E-state index in [1.807, 2.05) is 13.1 Å². The summed E-state index contributed by atoms with van der Waals surface area (Å²) < 4.78 is 11.3. The Morgan fingerprint density at radius 1 is 0.952 bits per heavy atom. The fourth-order valence-corrected chi connectivity index (χ4v) is 2.81. The lowest BCUT2D eigenvalue weighted by atomic mass is 9.93. The number of fused-ring (bicyclic) bond motifs is 1. The fourth-order valence-electron chi connectivity index (χ4n) is 2.81. The van der Waals surface area contributed by atoms with Crippen LogP contribution in [0.5, 0.6) is 11.5 Å². The molecule has 0 bridgehead atoms. The van der Waals surface area contributed by atoms with E-state index in [1.54, 1.807) is 0 Å². The van der Waals surface area contributed by atoms with Gasteiger partial charge in [-0.25, -0.2) is 0 Å². The van der Waals surface area contributed by atoms with Crippen LogP contribution in [0.2, 0.25) is 0 Å². The van der Waals surface area contributed by atoms with Gasteiger partial charge < -0.3 is 14.8 Å². The zero-order chi connectivity index (χ0) is 14.8. The van der Waals surface area contributed by atoms with Crippen LogP contribution in [0.1, 0.15) is 28.3 Å². The van der Waals surface area contributed by atoms with Gasteiger partial charge in [-0.2, -0.15) is 0 Å². The van der Waals surface area contributed by atoms with E-state index in [2.05, 4.69) is 49.5 Å². The Bertz CT molecular complexity index is 652. The molecule has 0 saturated carbocycles. The van der Waals surface area contributed by atoms with Crippen LogP contribution in [-0.2, 0) is 0 Å². The summed E-state index contributed by atoms with van der Waals surface area (Å²) in [5.74, 6) is 1.67. The van der Waals surface area contributed by atoms with Gasteiger partial charge in [0.1, 0.15) is 13.2 Å². The molecule has 3 rings (SSSR count). The van der Waals surface area contributed by atoms with E-state index in [-0.39, 0.29) is 6.04 Å². The van der Waals surface area contributed by atoms with Gasteiger partial charge in [-0.3, -0.25) is 0 Å². The van der Waals surface area contributed by atoms with Gasteiger partial charge in [-0.15, -0.1) is 0 Å². The van der Waals surface area contributed by atoms with Crippen molar-refractivity contribution in [2.24, 2.45) is 0 Å². The van der Waals surface area contributed by atoms with Crippen molar-refractivity contribution in [1.82, 2.24) is 5.32 Å². The Morgan fingerprint density at radius 3 is 2.48 bits per heavy atom. The van der Waals surface area contributed by atoms with Crippen LogP contribution < -0.4 is 14.8 Å². The Hall–Kier alpha value is -2.00. The first-order valence-corrected chi connectivity index (χ1v) is 7.33. The number of hydrogen-bond donors (Lipinski definition) is 1. The van der Waals surface area contributed by atoms with Gasteiger partial charge in [0, 0.05) is 0 Å². The Kier molecular flexibility index (Phi) is 3.84. The summed E-state index contributed by atoms with van der Waals surface area (Å²) in [6.45, 7) is 5.51. The predicted molar refractivity (Wildman–Crippen MR) is 84.3 cm³/mol. The number of nitrogens with one attached hydrogen (secondary N) is 1. The number of hydrogen-bond acceptors (Lipinski definition) is 3. The average molecular weight is 283 g/mol. The van der Waals surface area contributed by atoms with Gasteiger partial charge in [-0.05, 0) is 49.7 Å². The quantitative estimate of drug-likeness (QED) is 0.936. The van der Waals surface area contributed by atoms with Crippen LogP contribution in [0.15, 0.2) is 36.4 Å². The topological polar surface area (TPSA) is 30.5 Å². The zero-order valence-electron chi connectivity index (χ0n) is 12.8. The number of rotatable bonds is 3. The van der Waals surface area contributed by atoms with Gasteiger partial charge in [0.2, 0.25) is 0 Å². The summed E-state index contributed by atoms with van der Waals surface area (Å²) in [7, 11) is 1.99. The van der Waals surface area contributed by atoms with E-state index in [4.69, 9.17) is 9.47 Å². The first-order chi connectivity index (χ1) is 10.2. The summed E-state index contributed by atoms with van der Waals surface area (Å²) in [4.78, 5) is 0. The lowest BCUT2D eigenvalue weighted by Crippen LogP contribution is -2.20. The molecule has 1 heterocycles. The molecule has 0 saturated heterocycles. The van der Waals surface area contributed by atoms with E-state index < -0.39 is 0 Å². The molecule has 0 aliphatic carbocycles. The molecule has 0 spiro atoms. The summed E-state index contributed by atoms with van der Waals surface area (Å²) in [5.41, 5.74) is 5.05. The smallest absolute Gasteiger partial charge is 0.161 e. The highest BCUT2D eigenvalue weighted by Crippen LogP contribution is 2.35. The second-order valence-corrected chi connectivity index (χ2v) is 5.48. The molecule has 3 heteroatoms. The van der Waals surface area contributed by atoms with Crippen molar-refractivity contribution >= 4 is 0 Å². The molecule has 0 amide bonds. The van der Waals surface area contributed by atoms with Crippen molar-refractivity contribution in [3.05, 3.63) is 58.7 Å². The molecular formula is C18H21NO2. The van der Waals surface area contributed by atoms with Crippen molar-refractivity contribution in [3.8, 4) is 11.5 Å². The van der Waals surface area contributed by atoms with Crippen LogP contribution in [0, 0.1) is 13.8 Å². The SMILES string of the molecule is CNC(c1ccc2c(c1)OCCO2)c1cc(C)ccc1C. The molecule has 1 atom stereocenters. The number of aryl methyl sites for hydroxylation is 2. The van der Waals surface area contributed by atoms with Gasteiger partial charge in [0.05, 0.1) is 6.04 Å². The number of benzene rings is 2. The molecule has 1 unspecified atom stereocenters. The van der Waals surface area contributed by atoms with Crippen LogP contribution in [0.3, 0.4) is 0 Å². The van der Waals surface area contributed by atoms with Crippen molar-refractivity contribution in [1.29, 1.82) is 0 Å². The molecule has 110 valence electrons. The summed E-state index contributed by atoms with van der Waals surface area (Å²) in [5, 5.41) is 3.41. The summed E-state index contributed by atoms with van der Waals surface area (Å²) in [6.07, 6.45) is 0. The van der Waals surface area contributed by atoms with Gasteiger partial charge in [-0.1, -0.05) is 29.8 Å². The minimum atomic E-state index is 0.153. The molecule has 1 aliphatic heterocycles. The maximum absolute atomic E-state index is 5.70. The van der Waals surface area contributed by atoms with Gasteiger partial charge in [0.25, 0.3) is 0 Å². The molecule has 0 radical (unpaired) electrons.